The second kappa shape index (κ2) is 47.9. The molecule has 1 heterocycles. The molecule has 0 aromatic carbocycles. The predicted molar refractivity (Wildman–Crippen MR) is 287 cm³/mol. The largest absolute Gasteiger partial charge is 0.454 e. The van der Waals surface area contributed by atoms with Gasteiger partial charge in [-0.2, -0.15) is 0 Å². The highest BCUT2D eigenvalue weighted by molar-refractivity contribution is 5.80. The molecular formula is C59H109NO10. The third-order valence-electron chi connectivity index (χ3n) is 13.8. The van der Waals surface area contributed by atoms with Crippen LogP contribution in [0.2, 0.25) is 0 Å². The molecule has 1 rings (SSSR count). The summed E-state index contributed by atoms with van der Waals surface area (Å²) in [6.45, 7) is 5.75. The van der Waals surface area contributed by atoms with E-state index >= 15 is 0 Å². The zero-order valence-corrected chi connectivity index (χ0v) is 45.1. The molecule has 0 aliphatic carbocycles. The van der Waals surface area contributed by atoms with Gasteiger partial charge in [-0.15, -0.1) is 0 Å². The fourth-order valence-electron chi connectivity index (χ4n) is 9.11. The van der Waals surface area contributed by atoms with E-state index in [2.05, 4.69) is 50.4 Å². The summed E-state index contributed by atoms with van der Waals surface area (Å²) in [5.74, 6) is -1.20. The number of ether oxygens (including phenoxy) is 3. The molecule has 8 unspecified atom stereocenters. The number of esters is 1. The minimum absolute atomic E-state index is 0.112. The topological polar surface area (TPSA) is 175 Å². The van der Waals surface area contributed by atoms with Crippen molar-refractivity contribution in [2.24, 2.45) is 0 Å². The van der Waals surface area contributed by atoms with E-state index in [1.54, 1.807) is 6.08 Å². The summed E-state index contributed by atoms with van der Waals surface area (Å²) in [4.78, 5) is 26.4. The highest BCUT2D eigenvalue weighted by Gasteiger charge is 2.47. The molecule has 70 heavy (non-hydrogen) atoms. The number of nitrogens with one attached hydrogen (secondary N) is 1. The Morgan fingerprint density at radius 1 is 0.557 bits per heavy atom. The van der Waals surface area contributed by atoms with E-state index in [0.29, 0.717) is 19.3 Å². The number of allylic oxidation sites excluding steroid dienone is 5. The Balaban J connectivity index is 2.73. The van der Waals surface area contributed by atoms with E-state index in [0.717, 1.165) is 83.5 Å². The summed E-state index contributed by atoms with van der Waals surface area (Å²) in [5.41, 5.74) is 0. The number of rotatable bonds is 49. The molecular weight excluding hydrogens is 883 g/mol. The van der Waals surface area contributed by atoms with Crippen molar-refractivity contribution in [3.05, 3.63) is 36.5 Å². The lowest BCUT2D eigenvalue weighted by atomic mass is 9.99. The lowest BCUT2D eigenvalue weighted by molar-refractivity contribution is -0.305. The molecule has 0 aromatic rings. The van der Waals surface area contributed by atoms with Crippen molar-refractivity contribution in [1.29, 1.82) is 0 Å². The minimum atomic E-state index is -1.61. The normalized spacial score (nSPS) is 19.9. The summed E-state index contributed by atoms with van der Waals surface area (Å²) >= 11 is 0. The van der Waals surface area contributed by atoms with E-state index in [1.165, 1.54) is 135 Å². The predicted octanol–water partition coefficient (Wildman–Crippen LogP) is 13.1. The monoisotopic (exact) mass is 992 g/mol. The first-order valence-corrected chi connectivity index (χ1v) is 29.3. The molecule has 1 amide bonds. The van der Waals surface area contributed by atoms with Crippen LogP contribution in [0.5, 0.6) is 0 Å². The number of carbonyl (C=O) groups is 2. The van der Waals surface area contributed by atoms with Gasteiger partial charge < -0.3 is 45.1 Å². The van der Waals surface area contributed by atoms with Gasteiger partial charge in [0.05, 0.1) is 25.4 Å². The van der Waals surface area contributed by atoms with E-state index in [-0.39, 0.29) is 13.0 Å². The maximum Gasteiger partial charge on any atom is 0.306 e. The maximum absolute atomic E-state index is 13.4. The molecule has 1 saturated heterocycles. The molecule has 0 bridgehead atoms. The highest BCUT2D eigenvalue weighted by atomic mass is 16.7. The standard InChI is InChI=1S/C59H109NO10/c1-4-7-10-13-16-19-22-25-27-29-32-35-38-41-44-47-54(64)70-57-56(66)55(65)53(48-61)69-59(57)68-49-50(51(62)45-42-39-36-33-30-24-21-18-15-12-9-6-3)60-58(67)52(63)46-43-40-37-34-31-28-26-23-20-17-14-11-8-5-2/h16,19,22,25,42,45,50-53,55-57,59,61-63,65-66H,4-15,17-18,20-21,23-24,26-41,43-44,46-49H2,1-3H3,(H,60,67)/b19-16+,25-22+,45-42+. The highest BCUT2D eigenvalue weighted by Crippen LogP contribution is 2.26. The van der Waals surface area contributed by atoms with Gasteiger partial charge in [-0.05, 0) is 51.4 Å². The Bertz CT molecular complexity index is 1280. The quantitative estimate of drug-likeness (QED) is 0.0149. The molecule has 1 aliphatic heterocycles. The van der Waals surface area contributed by atoms with Crippen LogP contribution in [0.3, 0.4) is 0 Å². The van der Waals surface area contributed by atoms with Crippen LogP contribution in [0, 0.1) is 0 Å². The van der Waals surface area contributed by atoms with Crippen LogP contribution in [0.25, 0.3) is 0 Å². The summed E-state index contributed by atoms with van der Waals surface area (Å²) in [6, 6.07) is -1.02. The molecule has 8 atom stereocenters. The smallest absolute Gasteiger partial charge is 0.306 e. The van der Waals surface area contributed by atoms with E-state index < -0.39 is 67.4 Å². The van der Waals surface area contributed by atoms with Crippen molar-refractivity contribution in [1.82, 2.24) is 5.32 Å². The number of hydrogen-bond acceptors (Lipinski definition) is 10. The van der Waals surface area contributed by atoms with Gasteiger partial charge in [-0.25, -0.2) is 0 Å². The first-order chi connectivity index (χ1) is 34.2. The lowest BCUT2D eigenvalue weighted by Gasteiger charge is -2.41. The first-order valence-electron chi connectivity index (χ1n) is 29.3. The van der Waals surface area contributed by atoms with Gasteiger partial charge in [0.2, 0.25) is 5.91 Å². The van der Waals surface area contributed by atoms with Gasteiger partial charge >= 0.3 is 5.97 Å². The number of aliphatic hydroxyl groups excluding tert-OH is 5. The van der Waals surface area contributed by atoms with E-state index in [9.17, 15) is 35.1 Å². The Labute approximate surface area is 428 Å². The van der Waals surface area contributed by atoms with Crippen molar-refractivity contribution < 1.29 is 49.3 Å². The summed E-state index contributed by atoms with van der Waals surface area (Å²) in [6.07, 6.45) is 44.6. The number of amides is 1. The second-order valence-corrected chi connectivity index (χ2v) is 20.4. The maximum atomic E-state index is 13.4. The van der Waals surface area contributed by atoms with Gasteiger partial charge in [0.15, 0.2) is 12.4 Å². The van der Waals surface area contributed by atoms with Crippen molar-refractivity contribution in [2.75, 3.05) is 13.2 Å². The third-order valence-corrected chi connectivity index (χ3v) is 13.8. The summed E-state index contributed by atoms with van der Waals surface area (Å²) in [7, 11) is 0. The van der Waals surface area contributed by atoms with Crippen molar-refractivity contribution >= 4 is 11.9 Å². The third kappa shape index (κ3) is 35.9. The number of aliphatic hydroxyl groups is 5. The molecule has 410 valence electrons. The molecule has 1 aliphatic rings. The molecule has 0 radical (unpaired) electrons. The van der Waals surface area contributed by atoms with E-state index in [4.69, 9.17) is 14.2 Å². The van der Waals surface area contributed by atoms with Gasteiger partial charge in [0, 0.05) is 6.42 Å². The van der Waals surface area contributed by atoms with Crippen molar-refractivity contribution in [3.8, 4) is 0 Å². The Morgan fingerprint density at radius 2 is 0.971 bits per heavy atom. The van der Waals surface area contributed by atoms with Gasteiger partial charge in [0.25, 0.3) is 0 Å². The molecule has 0 spiro atoms. The van der Waals surface area contributed by atoms with Crippen LogP contribution in [0.1, 0.15) is 265 Å². The average Bonchev–Trinajstić information content (AvgIpc) is 3.36. The lowest BCUT2D eigenvalue weighted by Crippen LogP contribution is -2.61. The van der Waals surface area contributed by atoms with Crippen LogP contribution in [-0.4, -0.2) is 99.6 Å². The summed E-state index contributed by atoms with van der Waals surface area (Å²) in [5, 5.41) is 56.8. The van der Waals surface area contributed by atoms with E-state index in [1.807, 2.05) is 6.08 Å². The Hall–Kier alpha value is -2.12. The zero-order valence-electron chi connectivity index (χ0n) is 45.1. The van der Waals surface area contributed by atoms with Gasteiger partial charge in [-0.1, -0.05) is 243 Å². The average molecular weight is 993 g/mol. The number of carbonyl (C=O) groups excluding carboxylic acids is 2. The van der Waals surface area contributed by atoms with Crippen LogP contribution in [0.4, 0.5) is 0 Å². The number of hydrogen-bond donors (Lipinski definition) is 6. The summed E-state index contributed by atoms with van der Waals surface area (Å²) < 4.78 is 17.6. The van der Waals surface area contributed by atoms with Crippen molar-refractivity contribution in [2.45, 2.75) is 314 Å². The molecule has 11 heteroatoms. The Morgan fingerprint density at radius 3 is 1.46 bits per heavy atom. The first kappa shape index (κ1) is 65.9. The molecule has 1 fully saturated rings. The molecule has 0 aromatic heterocycles. The van der Waals surface area contributed by atoms with Crippen LogP contribution in [-0.2, 0) is 23.8 Å². The minimum Gasteiger partial charge on any atom is -0.454 e. The van der Waals surface area contributed by atoms with Crippen LogP contribution in [0.15, 0.2) is 36.5 Å². The second-order valence-electron chi connectivity index (χ2n) is 20.4. The van der Waals surface area contributed by atoms with Crippen LogP contribution < -0.4 is 5.32 Å². The van der Waals surface area contributed by atoms with Gasteiger partial charge in [-0.3, -0.25) is 9.59 Å². The SMILES string of the molecule is CCCCC/C=C/C=C/CCCCCCCCC(=O)OC1C(OCC(NC(=O)C(O)CCCCCCCCCCCCCCCC)C(O)/C=C/CCCCCCCCCCCC)OC(CO)C(O)C1O. The molecule has 6 N–H and O–H groups in total. The van der Waals surface area contributed by atoms with Gasteiger partial charge in [0.1, 0.15) is 24.4 Å². The fourth-order valence-corrected chi connectivity index (χ4v) is 9.11. The number of unbranched alkanes of at least 4 members (excludes halogenated alkanes) is 32. The molecule has 0 saturated carbocycles. The van der Waals surface area contributed by atoms with Crippen molar-refractivity contribution in [3.63, 3.8) is 0 Å². The zero-order chi connectivity index (χ0) is 51.1. The fraction of sp³-hybridized carbons (Fsp3) is 0.864. The Kier molecular flexibility index (Phi) is 45.1. The van der Waals surface area contributed by atoms with Crippen LogP contribution >= 0.6 is 0 Å². The molecule has 11 nitrogen and oxygen atoms in total.